The minimum atomic E-state index is -0.381. The number of furan rings is 1. The van der Waals surface area contributed by atoms with Crippen molar-refractivity contribution >= 4 is 45.6 Å². The highest BCUT2D eigenvalue weighted by atomic mass is 35.5. The molecule has 2 aromatic carbocycles. The van der Waals surface area contributed by atoms with Gasteiger partial charge in [-0.3, -0.25) is 14.9 Å². The fraction of sp³-hybridized carbons (Fsp3) is 0.0455. The van der Waals surface area contributed by atoms with E-state index in [2.05, 4.69) is 15.6 Å². The Morgan fingerprint density at radius 1 is 1.03 bits per heavy atom. The predicted molar refractivity (Wildman–Crippen MR) is 118 cm³/mol. The smallest absolute Gasteiger partial charge is 0.291 e. The Balaban J connectivity index is 1.48. The van der Waals surface area contributed by atoms with Crippen molar-refractivity contribution in [3.8, 4) is 11.3 Å². The fourth-order valence-corrected chi connectivity index (χ4v) is 3.58. The van der Waals surface area contributed by atoms with Crippen LogP contribution >= 0.6 is 22.9 Å². The lowest BCUT2D eigenvalue weighted by Gasteiger charge is -2.09. The zero-order chi connectivity index (χ0) is 21.1. The van der Waals surface area contributed by atoms with Crippen LogP contribution in [0.2, 0.25) is 5.02 Å². The highest BCUT2D eigenvalue weighted by Gasteiger charge is 2.14. The van der Waals surface area contributed by atoms with Crippen molar-refractivity contribution in [3.63, 3.8) is 0 Å². The Morgan fingerprint density at radius 3 is 2.57 bits per heavy atom. The van der Waals surface area contributed by atoms with Crippen LogP contribution < -0.4 is 10.6 Å². The number of carbonyl (C=O) groups is 2. The second-order valence-corrected chi connectivity index (χ2v) is 7.75. The van der Waals surface area contributed by atoms with Gasteiger partial charge in [0.25, 0.3) is 11.8 Å². The van der Waals surface area contributed by atoms with Gasteiger partial charge in [0.2, 0.25) is 0 Å². The molecule has 8 heteroatoms. The van der Waals surface area contributed by atoms with E-state index in [0.717, 1.165) is 16.8 Å². The lowest BCUT2D eigenvalue weighted by atomic mass is 10.1. The number of nitrogens with one attached hydrogen (secondary N) is 2. The van der Waals surface area contributed by atoms with E-state index in [0.29, 0.717) is 21.4 Å². The number of benzene rings is 2. The summed E-state index contributed by atoms with van der Waals surface area (Å²) in [5, 5.41) is 8.56. The largest absolute Gasteiger partial charge is 0.459 e. The van der Waals surface area contributed by atoms with Crippen LogP contribution in [0.5, 0.6) is 0 Å². The van der Waals surface area contributed by atoms with Gasteiger partial charge >= 0.3 is 0 Å². The molecule has 0 unspecified atom stereocenters. The summed E-state index contributed by atoms with van der Waals surface area (Å²) in [5.41, 5.74) is 3.42. The van der Waals surface area contributed by atoms with Crippen molar-refractivity contribution in [1.82, 2.24) is 4.98 Å². The van der Waals surface area contributed by atoms with Crippen LogP contribution in [-0.4, -0.2) is 16.8 Å². The first-order valence-corrected chi connectivity index (χ1v) is 10.2. The third kappa shape index (κ3) is 4.42. The number of aryl methyl sites for hydroxylation is 1. The number of hydrogen-bond donors (Lipinski definition) is 2. The number of halogens is 1. The van der Waals surface area contributed by atoms with Crippen LogP contribution in [0.4, 0.5) is 10.8 Å². The van der Waals surface area contributed by atoms with Gasteiger partial charge in [-0.15, -0.1) is 11.3 Å². The topological polar surface area (TPSA) is 84.2 Å². The molecule has 0 aliphatic rings. The van der Waals surface area contributed by atoms with Gasteiger partial charge in [-0.05, 0) is 48.9 Å². The average molecular weight is 438 g/mol. The van der Waals surface area contributed by atoms with Crippen LogP contribution in [0, 0.1) is 6.92 Å². The number of amides is 2. The van der Waals surface area contributed by atoms with Crippen molar-refractivity contribution in [1.29, 1.82) is 0 Å². The van der Waals surface area contributed by atoms with Crippen LogP contribution in [-0.2, 0) is 0 Å². The fourth-order valence-electron chi connectivity index (χ4n) is 2.74. The molecule has 2 amide bonds. The molecule has 30 heavy (non-hydrogen) atoms. The Kier molecular flexibility index (Phi) is 5.65. The molecule has 4 rings (SSSR count). The third-order valence-electron chi connectivity index (χ3n) is 4.36. The van der Waals surface area contributed by atoms with E-state index < -0.39 is 0 Å². The van der Waals surface area contributed by atoms with Crippen molar-refractivity contribution in [2.24, 2.45) is 0 Å². The zero-order valence-corrected chi connectivity index (χ0v) is 17.4. The molecule has 150 valence electrons. The Morgan fingerprint density at radius 2 is 1.83 bits per heavy atom. The van der Waals surface area contributed by atoms with E-state index in [1.54, 1.807) is 42.5 Å². The molecule has 0 spiro atoms. The quantitative estimate of drug-likeness (QED) is 0.409. The number of anilines is 2. The summed E-state index contributed by atoms with van der Waals surface area (Å²) in [6, 6.07) is 15.6. The van der Waals surface area contributed by atoms with Crippen LogP contribution in [0.1, 0.15) is 26.5 Å². The molecule has 0 aliphatic carbocycles. The van der Waals surface area contributed by atoms with Crippen molar-refractivity contribution in [2.45, 2.75) is 6.92 Å². The number of rotatable bonds is 5. The van der Waals surface area contributed by atoms with E-state index in [1.807, 2.05) is 24.4 Å². The predicted octanol–water partition coefficient (Wildman–Crippen LogP) is 5.87. The van der Waals surface area contributed by atoms with E-state index in [-0.39, 0.29) is 17.6 Å². The second-order valence-electron chi connectivity index (χ2n) is 6.46. The average Bonchev–Trinajstić information content (AvgIpc) is 3.42. The first-order valence-electron chi connectivity index (χ1n) is 8.98. The normalized spacial score (nSPS) is 10.6. The maximum atomic E-state index is 12.7. The summed E-state index contributed by atoms with van der Waals surface area (Å²) >= 11 is 7.25. The van der Waals surface area contributed by atoms with Gasteiger partial charge in [-0.1, -0.05) is 29.8 Å². The highest BCUT2D eigenvalue weighted by molar-refractivity contribution is 7.14. The Labute approximate surface area is 181 Å². The summed E-state index contributed by atoms with van der Waals surface area (Å²) in [6.45, 7) is 1.85. The summed E-state index contributed by atoms with van der Waals surface area (Å²) in [7, 11) is 0. The van der Waals surface area contributed by atoms with Crippen molar-refractivity contribution in [2.75, 3.05) is 10.6 Å². The third-order valence-corrected chi connectivity index (χ3v) is 5.37. The van der Waals surface area contributed by atoms with Crippen LogP contribution in [0.3, 0.4) is 0 Å². The molecule has 6 nitrogen and oxygen atoms in total. The lowest BCUT2D eigenvalue weighted by Crippen LogP contribution is -2.15. The minimum Gasteiger partial charge on any atom is -0.459 e. The van der Waals surface area contributed by atoms with Gasteiger partial charge in [0.15, 0.2) is 10.9 Å². The molecule has 0 bridgehead atoms. The Bertz CT molecular complexity index is 1200. The maximum Gasteiger partial charge on any atom is 0.291 e. The second kappa shape index (κ2) is 8.52. The summed E-state index contributed by atoms with van der Waals surface area (Å²) in [5.74, 6) is -0.504. The molecule has 0 fully saturated rings. The van der Waals surface area contributed by atoms with Gasteiger partial charge in [-0.2, -0.15) is 0 Å². The van der Waals surface area contributed by atoms with Crippen LogP contribution in [0.25, 0.3) is 11.3 Å². The van der Waals surface area contributed by atoms with Gasteiger partial charge in [0.1, 0.15) is 0 Å². The molecule has 0 aliphatic heterocycles. The highest BCUT2D eigenvalue weighted by Crippen LogP contribution is 2.27. The maximum absolute atomic E-state index is 12.7. The summed E-state index contributed by atoms with van der Waals surface area (Å²) in [6.07, 6.45) is 1.43. The molecule has 2 N–H and O–H groups in total. The number of hydrogen-bond acceptors (Lipinski definition) is 5. The molecule has 4 aromatic rings. The van der Waals surface area contributed by atoms with E-state index in [4.69, 9.17) is 16.0 Å². The number of aromatic nitrogens is 1. The van der Waals surface area contributed by atoms with Crippen molar-refractivity contribution in [3.05, 3.63) is 88.2 Å². The molecule has 0 saturated heterocycles. The molecule has 0 saturated carbocycles. The van der Waals surface area contributed by atoms with Crippen LogP contribution in [0.15, 0.2) is 70.7 Å². The number of carbonyl (C=O) groups excluding carboxylic acids is 2. The van der Waals surface area contributed by atoms with Gasteiger partial charge in [0.05, 0.1) is 12.0 Å². The standard InChI is InChI=1S/C22H16ClN3O3S/c1-13-4-5-15(11-17(13)24-21(28)19-3-2-10-29-19)20(27)26-22-25-18(12-30-22)14-6-8-16(23)9-7-14/h2-12H,1H3,(H,24,28)(H,25,26,27). The monoisotopic (exact) mass is 437 g/mol. The van der Waals surface area contributed by atoms with Gasteiger partial charge in [-0.25, -0.2) is 4.98 Å². The first kappa shape index (κ1) is 19.9. The summed E-state index contributed by atoms with van der Waals surface area (Å²) < 4.78 is 5.10. The van der Waals surface area contributed by atoms with E-state index in [1.165, 1.54) is 17.6 Å². The molecule has 0 radical (unpaired) electrons. The van der Waals surface area contributed by atoms with E-state index in [9.17, 15) is 9.59 Å². The minimum absolute atomic E-state index is 0.196. The van der Waals surface area contributed by atoms with Crippen molar-refractivity contribution < 1.29 is 14.0 Å². The molecular weight excluding hydrogens is 422 g/mol. The van der Waals surface area contributed by atoms with E-state index >= 15 is 0 Å². The Hall–Kier alpha value is -3.42. The number of thiazole rings is 1. The lowest BCUT2D eigenvalue weighted by molar-refractivity contribution is 0.0993. The molecule has 2 aromatic heterocycles. The van der Waals surface area contributed by atoms with Gasteiger partial charge < -0.3 is 9.73 Å². The van der Waals surface area contributed by atoms with Gasteiger partial charge in [0, 0.05) is 27.2 Å². The molecular formula is C22H16ClN3O3S. The SMILES string of the molecule is Cc1ccc(C(=O)Nc2nc(-c3ccc(Cl)cc3)cs2)cc1NC(=O)c1ccco1. The summed E-state index contributed by atoms with van der Waals surface area (Å²) in [4.78, 5) is 29.4. The zero-order valence-electron chi connectivity index (χ0n) is 15.8. The number of nitrogens with zero attached hydrogens (tertiary/aromatic N) is 1. The first-order chi connectivity index (χ1) is 14.5. The molecule has 2 heterocycles. The molecule has 0 atom stereocenters.